The third kappa shape index (κ3) is 1.61. The lowest BCUT2D eigenvalue weighted by Crippen LogP contribution is -2.56. The molecule has 88 valence electrons. The molecule has 4 heteroatoms. The predicted molar refractivity (Wildman–Crippen MR) is 68.3 cm³/mol. The standard InChI is InChI=1S/C13H16N4/c14-12-7-8-16-13(15,17-12)11-6-5-9-3-1-2-4-10(9)11/h1-4,7-8,11,16H,5-6,15H2,(H2,14,17). The first-order valence-electron chi connectivity index (χ1n) is 5.85. The van der Waals surface area contributed by atoms with Gasteiger partial charge < -0.3 is 11.1 Å². The topological polar surface area (TPSA) is 76.4 Å². The Morgan fingerprint density at radius 2 is 2.18 bits per heavy atom. The zero-order valence-electron chi connectivity index (χ0n) is 9.56. The molecule has 2 aliphatic rings. The third-order valence-electron chi connectivity index (χ3n) is 3.55. The van der Waals surface area contributed by atoms with Gasteiger partial charge in [-0.15, -0.1) is 0 Å². The molecule has 1 aromatic rings. The fourth-order valence-corrected chi connectivity index (χ4v) is 2.74. The SMILES string of the molecule is NC1=NC(N)(C2CCc3ccccc32)NC=C1. The quantitative estimate of drug-likeness (QED) is 0.665. The molecular formula is C13H16N4. The Morgan fingerprint density at radius 3 is 3.00 bits per heavy atom. The zero-order chi connectivity index (χ0) is 11.9. The molecule has 0 aromatic heterocycles. The van der Waals surface area contributed by atoms with Gasteiger partial charge in [0.15, 0.2) is 5.79 Å². The van der Waals surface area contributed by atoms with Crippen molar-refractivity contribution in [3.8, 4) is 0 Å². The molecule has 2 unspecified atom stereocenters. The van der Waals surface area contributed by atoms with Crippen molar-refractivity contribution < 1.29 is 0 Å². The number of nitrogens with two attached hydrogens (primary N) is 2. The maximum Gasteiger partial charge on any atom is 0.191 e. The Morgan fingerprint density at radius 1 is 1.35 bits per heavy atom. The number of fused-ring (bicyclic) bond motifs is 1. The summed E-state index contributed by atoms with van der Waals surface area (Å²) in [7, 11) is 0. The van der Waals surface area contributed by atoms with E-state index in [4.69, 9.17) is 11.5 Å². The average Bonchev–Trinajstić information content (AvgIpc) is 2.72. The number of aryl methyl sites for hydroxylation is 1. The summed E-state index contributed by atoms with van der Waals surface area (Å²) < 4.78 is 0. The molecule has 0 saturated carbocycles. The molecule has 1 aliphatic carbocycles. The lowest BCUT2D eigenvalue weighted by molar-refractivity contribution is 0.314. The summed E-state index contributed by atoms with van der Waals surface area (Å²) in [6.07, 6.45) is 5.57. The molecule has 17 heavy (non-hydrogen) atoms. The number of hydrogen-bond acceptors (Lipinski definition) is 4. The Balaban J connectivity index is 2.00. The van der Waals surface area contributed by atoms with Gasteiger partial charge in [-0.3, -0.25) is 5.73 Å². The molecular weight excluding hydrogens is 212 g/mol. The lowest BCUT2D eigenvalue weighted by atomic mass is 9.93. The van der Waals surface area contributed by atoms with Crippen LogP contribution in [0.5, 0.6) is 0 Å². The number of nitrogens with one attached hydrogen (secondary N) is 1. The highest BCUT2D eigenvalue weighted by atomic mass is 15.3. The summed E-state index contributed by atoms with van der Waals surface area (Å²) >= 11 is 0. The van der Waals surface area contributed by atoms with Gasteiger partial charge >= 0.3 is 0 Å². The molecule has 5 N–H and O–H groups in total. The van der Waals surface area contributed by atoms with E-state index >= 15 is 0 Å². The summed E-state index contributed by atoms with van der Waals surface area (Å²) in [6, 6.07) is 8.40. The molecule has 1 heterocycles. The molecule has 0 radical (unpaired) electrons. The molecule has 3 rings (SSSR count). The van der Waals surface area contributed by atoms with Crippen molar-refractivity contribution in [3.05, 3.63) is 47.7 Å². The van der Waals surface area contributed by atoms with Gasteiger partial charge in [0, 0.05) is 12.1 Å². The van der Waals surface area contributed by atoms with E-state index in [1.807, 2.05) is 6.07 Å². The maximum absolute atomic E-state index is 6.34. The Hall–Kier alpha value is -1.81. The minimum atomic E-state index is -0.800. The van der Waals surface area contributed by atoms with Gasteiger partial charge in [-0.1, -0.05) is 24.3 Å². The second kappa shape index (κ2) is 3.60. The summed E-state index contributed by atoms with van der Waals surface area (Å²) in [5.41, 5.74) is 14.7. The summed E-state index contributed by atoms with van der Waals surface area (Å²) in [4.78, 5) is 4.37. The van der Waals surface area contributed by atoms with Crippen molar-refractivity contribution in [1.29, 1.82) is 0 Å². The number of aliphatic imine (C=N–C) groups is 1. The fourth-order valence-electron chi connectivity index (χ4n) is 2.74. The molecule has 0 spiro atoms. The van der Waals surface area contributed by atoms with Crippen LogP contribution in [-0.2, 0) is 6.42 Å². The summed E-state index contributed by atoms with van der Waals surface area (Å²) in [5, 5.41) is 3.14. The second-order valence-corrected chi connectivity index (χ2v) is 4.63. The van der Waals surface area contributed by atoms with Crippen LogP contribution in [0.15, 0.2) is 41.5 Å². The molecule has 0 fully saturated rings. The van der Waals surface area contributed by atoms with Crippen LogP contribution in [0.1, 0.15) is 23.5 Å². The molecule has 2 atom stereocenters. The first kappa shape index (κ1) is 10.4. The first-order valence-corrected chi connectivity index (χ1v) is 5.85. The Labute approximate surface area is 100 Å². The lowest BCUT2D eigenvalue weighted by Gasteiger charge is -2.34. The Bertz CT molecular complexity index is 506. The number of hydrogen-bond donors (Lipinski definition) is 3. The molecule has 4 nitrogen and oxygen atoms in total. The largest absolute Gasteiger partial charge is 0.384 e. The van der Waals surface area contributed by atoms with Crippen LogP contribution in [0.25, 0.3) is 0 Å². The van der Waals surface area contributed by atoms with Crippen LogP contribution >= 0.6 is 0 Å². The van der Waals surface area contributed by atoms with Gasteiger partial charge in [0.1, 0.15) is 5.84 Å². The monoisotopic (exact) mass is 228 g/mol. The second-order valence-electron chi connectivity index (χ2n) is 4.63. The highest BCUT2D eigenvalue weighted by Crippen LogP contribution is 2.39. The highest BCUT2D eigenvalue weighted by molar-refractivity contribution is 5.92. The van der Waals surface area contributed by atoms with Crippen LogP contribution in [0.2, 0.25) is 0 Å². The van der Waals surface area contributed by atoms with Crippen molar-refractivity contribution in [2.45, 2.75) is 24.5 Å². The van der Waals surface area contributed by atoms with E-state index in [9.17, 15) is 0 Å². The maximum atomic E-state index is 6.34. The van der Waals surface area contributed by atoms with Crippen molar-refractivity contribution in [1.82, 2.24) is 5.32 Å². The fraction of sp³-hybridized carbons (Fsp3) is 0.308. The molecule has 0 saturated heterocycles. The van der Waals surface area contributed by atoms with Gasteiger partial charge in [0.05, 0.1) is 0 Å². The van der Waals surface area contributed by atoms with Crippen molar-refractivity contribution >= 4 is 5.84 Å². The molecule has 1 aliphatic heterocycles. The highest BCUT2D eigenvalue weighted by Gasteiger charge is 2.40. The van der Waals surface area contributed by atoms with E-state index in [-0.39, 0.29) is 5.92 Å². The smallest absolute Gasteiger partial charge is 0.191 e. The van der Waals surface area contributed by atoms with Crippen molar-refractivity contribution in [2.24, 2.45) is 16.5 Å². The van der Waals surface area contributed by atoms with Crippen LogP contribution in [0, 0.1) is 0 Å². The van der Waals surface area contributed by atoms with Crippen molar-refractivity contribution in [3.63, 3.8) is 0 Å². The molecule has 1 aromatic carbocycles. The van der Waals surface area contributed by atoms with Crippen LogP contribution in [0.4, 0.5) is 0 Å². The number of amidine groups is 1. The van der Waals surface area contributed by atoms with E-state index in [0.717, 1.165) is 12.8 Å². The van der Waals surface area contributed by atoms with E-state index in [1.54, 1.807) is 12.3 Å². The van der Waals surface area contributed by atoms with Gasteiger partial charge in [0.25, 0.3) is 0 Å². The first-order chi connectivity index (χ1) is 8.19. The van der Waals surface area contributed by atoms with Gasteiger partial charge in [-0.05, 0) is 30.0 Å². The van der Waals surface area contributed by atoms with Gasteiger partial charge in [0.2, 0.25) is 0 Å². The average molecular weight is 228 g/mol. The normalized spacial score (nSPS) is 30.6. The molecule has 0 bridgehead atoms. The van der Waals surface area contributed by atoms with Crippen LogP contribution in [0.3, 0.4) is 0 Å². The van der Waals surface area contributed by atoms with Crippen LogP contribution in [-0.4, -0.2) is 11.6 Å². The molecule has 0 amide bonds. The van der Waals surface area contributed by atoms with Crippen LogP contribution < -0.4 is 16.8 Å². The predicted octanol–water partition coefficient (Wildman–Crippen LogP) is 0.803. The summed E-state index contributed by atoms with van der Waals surface area (Å²) in [6.45, 7) is 0. The minimum absolute atomic E-state index is 0.183. The van der Waals surface area contributed by atoms with E-state index in [1.165, 1.54) is 11.1 Å². The van der Waals surface area contributed by atoms with Gasteiger partial charge in [-0.25, -0.2) is 4.99 Å². The Kier molecular flexibility index (Phi) is 2.19. The van der Waals surface area contributed by atoms with E-state index in [2.05, 4.69) is 28.5 Å². The van der Waals surface area contributed by atoms with Crippen molar-refractivity contribution in [2.75, 3.05) is 0 Å². The number of nitrogens with zero attached hydrogens (tertiary/aromatic N) is 1. The summed E-state index contributed by atoms with van der Waals surface area (Å²) in [5.74, 6) is -0.136. The van der Waals surface area contributed by atoms with E-state index < -0.39 is 5.79 Å². The van der Waals surface area contributed by atoms with Gasteiger partial charge in [-0.2, -0.15) is 0 Å². The number of benzene rings is 1. The minimum Gasteiger partial charge on any atom is -0.384 e. The number of rotatable bonds is 1. The zero-order valence-corrected chi connectivity index (χ0v) is 9.56. The third-order valence-corrected chi connectivity index (χ3v) is 3.55. The van der Waals surface area contributed by atoms with E-state index in [0.29, 0.717) is 5.84 Å².